The van der Waals surface area contributed by atoms with E-state index in [-0.39, 0.29) is 0 Å². The van der Waals surface area contributed by atoms with E-state index >= 15 is 0 Å². The van der Waals surface area contributed by atoms with Crippen LogP contribution in [0.5, 0.6) is 0 Å². The number of ether oxygens (including phenoxy) is 1. The predicted molar refractivity (Wildman–Crippen MR) is 120 cm³/mol. The number of nitrogens with zero attached hydrogens (tertiary/aromatic N) is 4. The first-order valence-corrected chi connectivity index (χ1v) is 11.7. The fourth-order valence-electron chi connectivity index (χ4n) is 4.54. The zero-order chi connectivity index (χ0) is 19.8. The molecule has 154 valence electrons. The second-order valence-corrected chi connectivity index (χ2v) is 9.55. The molecule has 0 bridgehead atoms. The van der Waals surface area contributed by atoms with Gasteiger partial charge < -0.3 is 15.0 Å². The Morgan fingerprint density at radius 2 is 1.93 bits per heavy atom. The molecule has 0 aromatic carbocycles. The molecule has 0 amide bonds. The molecule has 5 rings (SSSR count). The Balaban J connectivity index is 1.66. The molecule has 3 aromatic rings. The Labute approximate surface area is 175 Å². The minimum absolute atomic E-state index is 0.666. The molecular weight excluding hydrogens is 382 g/mol. The van der Waals surface area contributed by atoms with Crippen LogP contribution in [0, 0.1) is 5.92 Å². The molecule has 0 atom stereocenters. The van der Waals surface area contributed by atoms with Crippen LogP contribution in [0.2, 0.25) is 0 Å². The van der Waals surface area contributed by atoms with Crippen LogP contribution in [0.15, 0.2) is 6.20 Å². The highest BCUT2D eigenvalue weighted by molar-refractivity contribution is 7.25. The molecule has 3 aromatic heterocycles. The number of aromatic nitrogens is 3. The molecule has 1 aliphatic heterocycles. The lowest BCUT2D eigenvalue weighted by Crippen LogP contribution is -2.37. The monoisotopic (exact) mass is 411 g/mol. The molecule has 0 radical (unpaired) electrons. The normalized spacial score (nSPS) is 17.3. The van der Waals surface area contributed by atoms with Gasteiger partial charge in [0.2, 0.25) is 0 Å². The smallest absolute Gasteiger partial charge is 0.158 e. The molecule has 7 heteroatoms. The van der Waals surface area contributed by atoms with Gasteiger partial charge in [0, 0.05) is 30.4 Å². The SMILES string of the molecule is CC(C)CCNc1nncc2sc3nc(N4CCOCC4)c4c(c3c12)CCCC4. The van der Waals surface area contributed by atoms with Crippen molar-refractivity contribution in [2.75, 3.05) is 43.1 Å². The van der Waals surface area contributed by atoms with Crippen LogP contribution in [-0.2, 0) is 17.6 Å². The maximum Gasteiger partial charge on any atom is 0.158 e. The number of aryl methyl sites for hydroxylation is 1. The second-order valence-electron chi connectivity index (χ2n) is 8.52. The van der Waals surface area contributed by atoms with Crippen molar-refractivity contribution in [2.45, 2.75) is 46.0 Å². The van der Waals surface area contributed by atoms with Crippen molar-refractivity contribution in [3.05, 3.63) is 17.3 Å². The van der Waals surface area contributed by atoms with Gasteiger partial charge in [0.25, 0.3) is 0 Å². The summed E-state index contributed by atoms with van der Waals surface area (Å²) in [5.41, 5.74) is 2.95. The fourth-order valence-corrected chi connectivity index (χ4v) is 5.61. The van der Waals surface area contributed by atoms with Gasteiger partial charge in [-0.1, -0.05) is 13.8 Å². The number of nitrogens with one attached hydrogen (secondary N) is 1. The Morgan fingerprint density at radius 3 is 2.72 bits per heavy atom. The Bertz CT molecular complexity index is 1030. The molecule has 4 heterocycles. The van der Waals surface area contributed by atoms with Gasteiger partial charge in [-0.2, -0.15) is 5.10 Å². The van der Waals surface area contributed by atoms with E-state index in [2.05, 4.69) is 34.3 Å². The molecule has 1 N–H and O–H groups in total. The number of fused-ring (bicyclic) bond motifs is 5. The lowest BCUT2D eigenvalue weighted by Gasteiger charge is -2.31. The molecular formula is C22H29N5OS. The lowest BCUT2D eigenvalue weighted by molar-refractivity contribution is 0.122. The highest BCUT2D eigenvalue weighted by Crippen LogP contribution is 2.43. The van der Waals surface area contributed by atoms with Crippen molar-refractivity contribution in [2.24, 2.45) is 5.92 Å². The van der Waals surface area contributed by atoms with Crippen LogP contribution in [-0.4, -0.2) is 48.0 Å². The number of morpholine rings is 1. The van der Waals surface area contributed by atoms with E-state index in [1.165, 1.54) is 45.3 Å². The third-order valence-corrected chi connectivity index (χ3v) is 7.08. The van der Waals surface area contributed by atoms with Crippen LogP contribution in [0.1, 0.15) is 44.2 Å². The Morgan fingerprint density at radius 1 is 1.14 bits per heavy atom. The average Bonchev–Trinajstić information content (AvgIpc) is 3.13. The van der Waals surface area contributed by atoms with E-state index < -0.39 is 0 Å². The van der Waals surface area contributed by atoms with E-state index in [4.69, 9.17) is 9.72 Å². The van der Waals surface area contributed by atoms with Gasteiger partial charge in [-0.3, -0.25) is 0 Å². The molecule has 0 spiro atoms. The van der Waals surface area contributed by atoms with Gasteiger partial charge in [-0.05, 0) is 49.1 Å². The summed E-state index contributed by atoms with van der Waals surface area (Å²) in [7, 11) is 0. The first-order chi connectivity index (χ1) is 14.2. The third-order valence-electron chi connectivity index (χ3n) is 6.06. The van der Waals surface area contributed by atoms with Crippen LogP contribution in [0.3, 0.4) is 0 Å². The summed E-state index contributed by atoms with van der Waals surface area (Å²) >= 11 is 1.76. The molecule has 1 saturated heterocycles. The van der Waals surface area contributed by atoms with E-state index in [0.29, 0.717) is 5.92 Å². The van der Waals surface area contributed by atoms with Crippen molar-refractivity contribution in [3.8, 4) is 0 Å². The average molecular weight is 412 g/mol. The van der Waals surface area contributed by atoms with E-state index in [0.717, 1.165) is 62.8 Å². The van der Waals surface area contributed by atoms with E-state index in [9.17, 15) is 0 Å². The maximum atomic E-state index is 5.58. The number of thiophene rings is 1. The van der Waals surface area contributed by atoms with Gasteiger partial charge >= 0.3 is 0 Å². The summed E-state index contributed by atoms with van der Waals surface area (Å²) in [6.07, 6.45) is 7.78. The van der Waals surface area contributed by atoms with Crippen LogP contribution in [0.25, 0.3) is 20.3 Å². The quantitative estimate of drug-likeness (QED) is 0.671. The summed E-state index contributed by atoms with van der Waals surface area (Å²) < 4.78 is 6.76. The van der Waals surface area contributed by atoms with Crippen LogP contribution >= 0.6 is 11.3 Å². The maximum absolute atomic E-state index is 5.58. The summed E-state index contributed by atoms with van der Waals surface area (Å²) in [5, 5.41) is 14.9. The molecule has 1 aliphatic carbocycles. The van der Waals surface area contributed by atoms with Gasteiger partial charge in [0.05, 0.1) is 24.1 Å². The lowest BCUT2D eigenvalue weighted by atomic mass is 9.89. The van der Waals surface area contributed by atoms with Gasteiger partial charge in [-0.25, -0.2) is 4.98 Å². The molecule has 0 saturated carbocycles. The number of pyridine rings is 1. The van der Waals surface area contributed by atoms with Gasteiger partial charge in [-0.15, -0.1) is 16.4 Å². The molecule has 0 unspecified atom stereocenters. The van der Waals surface area contributed by atoms with E-state index in [1.54, 1.807) is 11.3 Å². The first kappa shape index (κ1) is 19.0. The van der Waals surface area contributed by atoms with Crippen LogP contribution in [0.4, 0.5) is 11.6 Å². The number of hydrogen-bond acceptors (Lipinski definition) is 7. The minimum Gasteiger partial charge on any atom is -0.378 e. The standard InChI is InChI=1S/C22H29N5OS/c1-14(2)7-8-23-20-19-17(13-24-26-20)29-22-18(19)15-5-3-4-6-16(15)21(25-22)27-9-11-28-12-10-27/h13-14H,3-12H2,1-2H3,(H,23,26). The van der Waals surface area contributed by atoms with E-state index in [1.807, 2.05) is 6.20 Å². The van der Waals surface area contributed by atoms with Crippen LogP contribution < -0.4 is 10.2 Å². The topological polar surface area (TPSA) is 63.2 Å². The fraction of sp³-hybridized carbons (Fsp3) is 0.591. The van der Waals surface area contributed by atoms with Gasteiger partial charge in [0.15, 0.2) is 5.82 Å². The molecule has 1 fully saturated rings. The zero-order valence-corrected chi connectivity index (χ0v) is 18.1. The second kappa shape index (κ2) is 8.03. The Kier molecular flexibility index (Phi) is 5.26. The van der Waals surface area contributed by atoms with Crippen molar-refractivity contribution in [1.29, 1.82) is 0 Å². The summed E-state index contributed by atoms with van der Waals surface area (Å²) in [4.78, 5) is 8.76. The van der Waals surface area contributed by atoms with Crippen molar-refractivity contribution < 1.29 is 4.74 Å². The zero-order valence-electron chi connectivity index (χ0n) is 17.3. The molecule has 2 aliphatic rings. The number of anilines is 2. The van der Waals surface area contributed by atoms with Crippen molar-refractivity contribution >= 4 is 43.3 Å². The molecule has 29 heavy (non-hydrogen) atoms. The van der Waals surface area contributed by atoms with Crippen molar-refractivity contribution in [3.63, 3.8) is 0 Å². The Hall–Kier alpha value is -1.99. The highest BCUT2D eigenvalue weighted by Gasteiger charge is 2.26. The summed E-state index contributed by atoms with van der Waals surface area (Å²) in [6.45, 7) is 8.87. The first-order valence-electron chi connectivity index (χ1n) is 10.9. The summed E-state index contributed by atoms with van der Waals surface area (Å²) in [6, 6.07) is 0. The predicted octanol–water partition coefficient (Wildman–Crippen LogP) is 4.41. The van der Waals surface area contributed by atoms with Crippen molar-refractivity contribution in [1.82, 2.24) is 15.2 Å². The number of hydrogen-bond donors (Lipinski definition) is 1. The summed E-state index contributed by atoms with van der Waals surface area (Å²) in [5.74, 6) is 2.78. The number of rotatable bonds is 5. The minimum atomic E-state index is 0.666. The highest BCUT2D eigenvalue weighted by atomic mass is 32.1. The van der Waals surface area contributed by atoms with Gasteiger partial charge in [0.1, 0.15) is 10.6 Å². The largest absolute Gasteiger partial charge is 0.378 e. The molecule has 6 nitrogen and oxygen atoms in total. The third kappa shape index (κ3) is 3.55.